The molecule has 2 N–H and O–H groups in total. The third-order valence-electron chi connectivity index (χ3n) is 3.57. The topological polar surface area (TPSA) is 69.6 Å². The number of amides is 2. The molecule has 0 aromatic rings. The number of rotatable bonds is 4. The monoisotopic (exact) mass is 242 g/mol. The summed E-state index contributed by atoms with van der Waals surface area (Å²) in [6.45, 7) is 6.48. The van der Waals surface area contributed by atoms with Gasteiger partial charge in [-0.2, -0.15) is 0 Å². The maximum atomic E-state index is 11.9. The Labute approximate surface area is 102 Å². The van der Waals surface area contributed by atoms with Gasteiger partial charge in [-0.05, 0) is 25.7 Å². The largest absolute Gasteiger partial charge is 0.480 e. The molecule has 98 valence electrons. The number of carboxylic acids is 1. The van der Waals surface area contributed by atoms with Gasteiger partial charge in [0.05, 0.1) is 0 Å². The SMILES string of the molecule is CCC(C)C(NC(=O)N1CCCC1C)C(=O)O. The lowest BCUT2D eigenvalue weighted by Crippen LogP contribution is -2.51. The first-order chi connectivity index (χ1) is 7.97. The van der Waals surface area contributed by atoms with Crippen molar-refractivity contribution in [3.63, 3.8) is 0 Å². The Balaban J connectivity index is 2.61. The number of nitrogens with one attached hydrogen (secondary N) is 1. The molecule has 17 heavy (non-hydrogen) atoms. The van der Waals surface area contributed by atoms with E-state index in [1.165, 1.54) is 0 Å². The third kappa shape index (κ3) is 3.35. The predicted octanol–water partition coefficient (Wildman–Crippen LogP) is 1.68. The number of urea groups is 1. The first-order valence-corrected chi connectivity index (χ1v) is 6.27. The van der Waals surface area contributed by atoms with Gasteiger partial charge in [-0.25, -0.2) is 9.59 Å². The van der Waals surface area contributed by atoms with Crippen LogP contribution in [-0.4, -0.2) is 40.6 Å². The molecule has 1 fully saturated rings. The summed E-state index contributed by atoms with van der Waals surface area (Å²) < 4.78 is 0. The molecule has 5 nitrogen and oxygen atoms in total. The van der Waals surface area contributed by atoms with Crippen LogP contribution < -0.4 is 5.32 Å². The highest BCUT2D eigenvalue weighted by molar-refractivity contribution is 5.83. The van der Waals surface area contributed by atoms with Gasteiger partial charge in [0, 0.05) is 12.6 Å². The van der Waals surface area contributed by atoms with Crippen molar-refractivity contribution in [3.8, 4) is 0 Å². The van der Waals surface area contributed by atoms with E-state index < -0.39 is 12.0 Å². The van der Waals surface area contributed by atoms with E-state index in [4.69, 9.17) is 5.11 Å². The molecule has 5 heteroatoms. The molecule has 3 atom stereocenters. The third-order valence-corrected chi connectivity index (χ3v) is 3.57. The Morgan fingerprint density at radius 2 is 2.18 bits per heavy atom. The van der Waals surface area contributed by atoms with Crippen molar-refractivity contribution < 1.29 is 14.7 Å². The number of carbonyl (C=O) groups excluding carboxylic acids is 1. The van der Waals surface area contributed by atoms with Crippen LogP contribution >= 0.6 is 0 Å². The molecular weight excluding hydrogens is 220 g/mol. The minimum Gasteiger partial charge on any atom is -0.480 e. The molecule has 1 rings (SSSR count). The van der Waals surface area contributed by atoms with Crippen molar-refractivity contribution in [2.24, 2.45) is 5.92 Å². The zero-order valence-electron chi connectivity index (χ0n) is 10.8. The van der Waals surface area contributed by atoms with Gasteiger partial charge in [0.25, 0.3) is 0 Å². The Hall–Kier alpha value is -1.26. The Kier molecular flexibility index (Phi) is 4.78. The highest BCUT2D eigenvalue weighted by Gasteiger charge is 2.30. The van der Waals surface area contributed by atoms with Crippen LogP contribution in [0.25, 0.3) is 0 Å². The number of likely N-dealkylation sites (tertiary alicyclic amines) is 1. The van der Waals surface area contributed by atoms with Crippen molar-refractivity contribution in [3.05, 3.63) is 0 Å². The quantitative estimate of drug-likeness (QED) is 0.788. The fourth-order valence-corrected chi connectivity index (χ4v) is 2.13. The van der Waals surface area contributed by atoms with Crippen LogP contribution in [-0.2, 0) is 4.79 Å². The summed E-state index contributed by atoms with van der Waals surface area (Å²) in [7, 11) is 0. The lowest BCUT2D eigenvalue weighted by Gasteiger charge is -2.26. The number of hydrogen-bond donors (Lipinski definition) is 2. The number of aliphatic carboxylic acids is 1. The van der Waals surface area contributed by atoms with Crippen molar-refractivity contribution in [2.75, 3.05) is 6.54 Å². The highest BCUT2D eigenvalue weighted by Crippen LogP contribution is 2.17. The van der Waals surface area contributed by atoms with Gasteiger partial charge >= 0.3 is 12.0 Å². The molecular formula is C12H22N2O3. The summed E-state index contributed by atoms with van der Waals surface area (Å²) in [5.74, 6) is -1.02. The van der Waals surface area contributed by atoms with Gasteiger partial charge in [0.2, 0.25) is 0 Å². The lowest BCUT2D eigenvalue weighted by atomic mass is 9.99. The molecule has 1 aliphatic rings. The zero-order chi connectivity index (χ0) is 13.0. The molecule has 0 aliphatic carbocycles. The van der Waals surface area contributed by atoms with Gasteiger partial charge in [0.15, 0.2) is 0 Å². The highest BCUT2D eigenvalue weighted by atomic mass is 16.4. The van der Waals surface area contributed by atoms with Crippen molar-refractivity contribution in [1.29, 1.82) is 0 Å². The van der Waals surface area contributed by atoms with Crippen LogP contribution in [0.5, 0.6) is 0 Å². The van der Waals surface area contributed by atoms with E-state index >= 15 is 0 Å². The molecule has 3 unspecified atom stereocenters. The Bertz CT molecular complexity index is 293. The number of hydrogen-bond acceptors (Lipinski definition) is 2. The van der Waals surface area contributed by atoms with Gasteiger partial charge in [-0.1, -0.05) is 20.3 Å². The maximum absolute atomic E-state index is 11.9. The van der Waals surface area contributed by atoms with E-state index in [2.05, 4.69) is 5.32 Å². The molecule has 2 amide bonds. The van der Waals surface area contributed by atoms with E-state index in [1.54, 1.807) is 4.90 Å². The van der Waals surface area contributed by atoms with E-state index in [0.717, 1.165) is 25.8 Å². The molecule has 0 aromatic carbocycles. The predicted molar refractivity (Wildman–Crippen MR) is 64.8 cm³/mol. The molecule has 0 aromatic heterocycles. The summed E-state index contributed by atoms with van der Waals surface area (Å²) in [4.78, 5) is 24.8. The van der Waals surface area contributed by atoms with E-state index in [1.807, 2.05) is 20.8 Å². The minimum absolute atomic E-state index is 0.0608. The van der Waals surface area contributed by atoms with Gasteiger partial charge in [-0.3, -0.25) is 0 Å². The summed E-state index contributed by atoms with van der Waals surface area (Å²) >= 11 is 0. The molecule has 1 aliphatic heterocycles. The molecule has 1 saturated heterocycles. The smallest absolute Gasteiger partial charge is 0.326 e. The van der Waals surface area contributed by atoms with Crippen molar-refractivity contribution >= 4 is 12.0 Å². The van der Waals surface area contributed by atoms with Gasteiger partial charge < -0.3 is 15.3 Å². The average molecular weight is 242 g/mol. The van der Waals surface area contributed by atoms with Gasteiger partial charge in [-0.15, -0.1) is 0 Å². The van der Waals surface area contributed by atoms with Gasteiger partial charge in [0.1, 0.15) is 6.04 Å². The fourth-order valence-electron chi connectivity index (χ4n) is 2.13. The lowest BCUT2D eigenvalue weighted by molar-refractivity contribution is -0.140. The second-order valence-electron chi connectivity index (χ2n) is 4.84. The number of nitrogens with zero attached hydrogens (tertiary/aromatic N) is 1. The minimum atomic E-state index is -0.959. The standard InChI is InChI=1S/C12H22N2O3/c1-4-8(2)10(11(15)16)13-12(17)14-7-5-6-9(14)3/h8-10H,4-7H2,1-3H3,(H,13,17)(H,15,16). The summed E-state index contributed by atoms with van der Waals surface area (Å²) in [6.07, 6.45) is 2.72. The summed E-state index contributed by atoms with van der Waals surface area (Å²) in [5, 5.41) is 11.7. The molecule has 0 bridgehead atoms. The van der Waals surface area contributed by atoms with Crippen molar-refractivity contribution in [1.82, 2.24) is 10.2 Å². The second kappa shape index (κ2) is 5.89. The van der Waals surface area contributed by atoms with Crippen LogP contribution in [0.2, 0.25) is 0 Å². The summed E-state index contributed by atoms with van der Waals surface area (Å²) in [5.41, 5.74) is 0. The first kappa shape index (κ1) is 13.8. The Morgan fingerprint density at radius 3 is 2.59 bits per heavy atom. The zero-order valence-corrected chi connectivity index (χ0v) is 10.8. The van der Waals surface area contributed by atoms with E-state index in [9.17, 15) is 9.59 Å². The van der Waals surface area contributed by atoms with Crippen LogP contribution in [0, 0.1) is 5.92 Å². The average Bonchev–Trinajstić information content (AvgIpc) is 2.70. The number of carboxylic acid groups (broad SMARTS) is 1. The molecule has 1 heterocycles. The van der Waals surface area contributed by atoms with Crippen molar-refractivity contribution in [2.45, 2.75) is 52.1 Å². The first-order valence-electron chi connectivity index (χ1n) is 6.27. The second-order valence-corrected chi connectivity index (χ2v) is 4.84. The molecule has 0 saturated carbocycles. The maximum Gasteiger partial charge on any atom is 0.326 e. The fraction of sp³-hybridized carbons (Fsp3) is 0.833. The molecule has 0 spiro atoms. The summed E-state index contributed by atoms with van der Waals surface area (Å²) in [6, 6.07) is -0.829. The normalized spacial score (nSPS) is 23.2. The van der Waals surface area contributed by atoms with Crippen LogP contribution in [0.1, 0.15) is 40.0 Å². The van der Waals surface area contributed by atoms with Crippen LogP contribution in [0.3, 0.4) is 0 Å². The van der Waals surface area contributed by atoms with E-state index in [0.29, 0.717) is 0 Å². The van der Waals surface area contributed by atoms with Crippen LogP contribution in [0.4, 0.5) is 4.79 Å². The van der Waals surface area contributed by atoms with E-state index in [-0.39, 0.29) is 18.0 Å². The number of carbonyl (C=O) groups is 2. The Morgan fingerprint density at radius 1 is 1.53 bits per heavy atom. The molecule has 0 radical (unpaired) electrons. The van der Waals surface area contributed by atoms with Crippen LogP contribution in [0.15, 0.2) is 0 Å².